The van der Waals surface area contributed by atoms with Gasteiger partial charge in [-0.15, -0.1) is 0 Å². The van der Waals surface area contributed by atoms with E-state index in [1.54, 1.807) is 36.5 Å². The summed E-state index contributed by atoms with van der Waals surface area (Å²) in [4.78, 5) is 28.1. The van der Waals surface area contributed by atoms with Crippen molar-refractivity contribution in [3.8, 4) is 5.75 Å². The Morgan fingerprint density at radius 3 is 2.38 bits per heavy atom. The first-order valence-electron chi connectivity index (χ1n) is 4.68. The molecular weight excluding hydrogens is 208 g/mol. The Hall–Kier alpha value is -2.17. The lowest BCUT2D eigenvalue weighted by Gasteiger charge is -2.21. The van der Waals surface area contributed by atoms with E-state index in [2.05, 4.69) is 4.98 Å². The smallest absolute Gasteiger partial charge is 0.272 e. The lowest BCUT2D eigenvalue weighted by atomic mass is 10.2. The van der Waals surface area contributed by atoms with Gasteiger partial charge in [0, 0.05) is 25.1 Å². The van der Waals surface area contributed by atoms with Crippen molar-refractivity contribution in [1.82, 2.24) is 4.98 Å². The topological polar surface area (TPSA) is 59.5 Å². The summed E-state index contributed by atoms with van der Waals surface area (Å²) >= 11 is 0. The second-order valence-corrected chi connectivity index (χ2v) is 3.30. The van der Waals surface area contributed by atoms with Gasteiger partial charge in [-0.25, -0.2) is 0 Å². The fourth-order valence-electron chi connectivity index (χ4n) is 1.55. The average molecular weight is 218 g/mol. The van der Waals surface area contributed by atoms with Crippen molar-refractivity contribution in [3.63, 3.8) is 0 Å². The van der Waals surface area contributed by atoms with E-state index < -0.39 is 10.9 Å². The molecule has 16 heavy (non-hydrogen) atoms. The van der Waals surface area contributed by atoms with Crippen molar-refractivity contribution in [2.75, 3.05) is 19.1 Å². The van der Waals surface area contributed by atoms with Crippen LogP contribution in [0.1, 0.15) is 0 Å². The SMILES string of the molecule is COc1c(N(C)c2ccncc2)c(=O)c1=O. The van der Waals surface area contributed by atoms with Crippen molar-refractivity contribution in [2.24, 2.45) is 0 Å². The van der Waals surface area contributed by atoms with E-state index in [1.165, 1.54) is 7.11 Å². The van der Waals surface area contributed by atoms with E-state index in [0.717, 1.165) is 5.69 Å². The fourth-order valence-corrected chi connectivity index (χ4v) is 1.55. The molecule has 0 saturated carbocycles. The predicted molar refractivity (Wildman–Crippen MR) is 60.2 cm³/mol. The van der Waals surface area contributed by atoms with E-state index in [1.807, 2.05) is 0 Å². The van der Waals surface area contributed by atoms with Gasteiger partial charge in [0.25, 0.3) is 10.9 Å². The zero-order valence-corrected chi connectivity index (χ0v) is 8.93. The molecule has 2 aromatic rings. The van der Waals surface area contributed by atoms with Crippen LogP contribution in [-0.4, -0.2) is 19.1 Å². The first kappa shape index (κ1) is 10.4. The molecule has 0 aliphatic heterocycles. The number of nitrogens with zero attached hydrogens (tertiary/aromatic N) is 2. The summed E-state index contributed by atoms with van der Waals surface area (Å²) in [5, 5.41) is 0. The van der Waals surface area contributed by atoms with Crippen LogP contribution in [0.5, 0.6) is 5.75 Å². The van der Waals surface area contributed by atoms with Crippen LogP contribution in [0.3, 0.4) is 0 Å². The van der Waals surface area contributed by atoms with Gasteiger partial charge in [0.2, 0.25) is 0 Å². The molecule has 5 nitrogen and oxygen atoms in total. The predicted octanol–water partition coefficient (Wildman–Crippen LogP) is 0.454. The van der Waals surface area contributed by atoms with Gasteiger partial charge >= 0.3 is 0 Å². The summed E-state index contributed by atoms with van der Waals surface area (Å²) in [5.41, 5.74) is -0.0198. The van der Waals surface area contributed by atoms with Crippen LogP contribution in [0.2, 0.25) is 0 Å². The van der Waals surface area contributed by atoms with Crippen molar-refractivity contribution in [2.45, 2.75) is 0 Å². The molecule has 0 radical (unpaired) electrons. The summed E-state index contributed by atoms with van der Waals surface area (Å²) in [6.45, 7) is 0. The first-order valence-corrected chi connectivity index (χ1v) is 4.68. The molecule has 0 N–H and O–H groups in total. The molecule has 82 valence electrons. The molecular formula is C11H10N2O3. The molecule has 1 aromatic carbocycles. The Labute approximate surface area is 91.6 Å². The van der Waals surface area contributed by atoms with Gasteiger partial charge in [0.05, 0.1) is 7.11 Å². The molecule has 0 atom stereocenters. The van der Waals surface area contributed by atoms with E-state index in [0.29, 0.717) is 5.69 Å². The number of aromatic nitrogens is 1. The summed E-state index contributed by atoms with van der Waals surface area (Å²) in [6, 6.07) is 3.49. The van der Waals surface area contributed by atoms with Crippen molar-refractivity contribution >= 4 is 11.4 Å². The minimum atomic E-state index is -0.571. The van der Waals surface area contributed by atoms with Gasteiger partial charge in [-0.05, 0) is 12.1 Å². The molecule has 1 aromatic heterocycles. The number of hydrogen-bond donors (Lipinski definition) is 0. The van der Waals surface area contributed by atoms with Gasteiger partial charge in [-0.1, -0.05) is 0 Å². The molecule has 0 amide bonds. The van der Waals surface area contributed by atoms with E-state index in [4.69, 9.17) is 4.74 Å². The Balaban J connectivity index is 2.43. The van der Waals surface area contributed by atoms with Crippen LogP contribution in [0.4, 0.5) is 11.4 Å². The number of anilines is 2. The van der Waals surface area contributed by atoms with E-state index in [-0.39, 0.29) is 5.75 Å². The summed E-state index contributed by atoms with van der Waals surface area (Å²) < 4.78 is 4.88. The number of hydrogen-bond acceptors (Lipinski definition) is 5. The van der Waals surface area contributed by atoms with Gasteiger partial charge in [-0.3, -0.25) is 14.6 Å². The second kappa shape index (κ2) is 3.77. The quantitative estimate of drug-likeness (QED) is 0.700. The summed E-state index contributed by atoms with van der Waals surface area (Å²) in [5.74, 6) is 0.115. The minimum Gasteiger partial charge on any atom is -0.491 e. The van der Waals surface area contributed by atoms with Gasteiger partial charge < -0.3 is 9.64 Å². The summed E-state index contributed by atoms with van der Waals surface area (Å²) in [7, 11) is 3.08. The zero-order chi connectivity index (χ0) is 11.7. The maximum Gasteiger partial charge on any atom is 0.272 e. The maximum atomic E-state index is 11.4. The van der Waals surface area contributed by atoms with Crippen LogP contribution < -0.4 is 20.5 Å². The van der Waals surface area contributed by atoms with Gasteiger partial charge in [-0.2, -0.15) is 0 Å². The fraction of sp³-hybridized carbons (Fsp3) is 0.182. The molecule has 0 fully saturated rings. The molecule has 0 unspecified atom stereocenters. The molecule has 0 aliphatic carbocycles. The molecule has 1 heterocycles. The Morgan fingerprint density at radius 2 is 1.81 bits per heavy atom. The minimum absolute atomic E-state index is 0.115. The average Bonchev–Trinajstić information content (AvgIpc) is 2.34. The van der Waals surface area contributed by atoms with E-state index >= 15 is 0 Å². The highest BCUT2D eigenvalue weighted by Crippen LogP contribution is 2.27. The highest BCUT2D eigenvalue weighted by Gasteiger charge is 2.25. The third-order valence-electron chi connectivity index (χ3n) is 2.43. The third kappa shape index (κ3) is 1.37. The first-order chi connectivity index (χ1) is 7.66. The summed E-state index contributed by atoms with van der Waals surface area (Å²) in [6.07, 6.45) is 3.23. The highest BCUT2D eigenvalue weighted by atomic mass is 16.5. The van der Waals surface area contributed by atoms with Gasteiger partial charge in [0.15, 0.2) is 5.75 Å². The maximum absolute atomic E-state index is 11.4. The number of ether oxygens (including phenoxy) is 1. The molecule has 0 aliphatic rings. The monoisotopic (exact) mass is 218 g/mol. The van der Waals surface area contributed by atoms with Crippen molar-refractivity contribution in [1.29, 1.82) is 0 Å². The van der Waals surface area contributed by atoms with E-state index in [9.17, 15) is 9.59 Å². The largest absolute Gasteiger partial charge is 0.491 e. The molecule has 0 saturated heterocycles. The number of methoxy groups -OCH3 is 1. The lowest BCUT2D eigenvalue weighted by molar-refractivity contribution is 0.406. The van der Waals surface area contributed by atoms with Gasteiger partial charge in [0.1, 0.15) is 5.69 Å². The number of pyridine rings is 1. The Kier molecular flexibility index (Phi) is 2.44. The van der Waals surface area contributed by atoms with Crippen LogP contribution >= 0.6 is 0 Å². The van der Waals surface area contributed by atoms with Crippen molar-refractivity contribution in [3.05, 3.63) is 45.0 Å². The number of rotatable bonds is 3. The van der Waals surface area contributed by atoms with Crippen LogP contribution in [0, 0.1) is 0 Å². The highest BCUT2D eigenvalue weighted by molar-refractivity contribution is 5.71. The van der Waals surface area contributed by atoms with Crippen LogP contribution in [-0.2, 0) is 0 Å². The normalized spacial score (nSPS) is 10.4. The Morgan fingerprint density at radius 1 is 1.19 bits per heavy atom. The Bertz CT molecular complexity index is 570. The molecule has 0 bridgehead atoms. The second-order valence-electron chi connectivity index (χ2n) is 3.30. The van der Waals surface area contributed by atoms with Crippen LogP contribution in [0.15, 0.2) is 34.1 Å². The standard InChI is InChI=1S/C11H10N2O3/c1-13(7-3-5-12-6-4-7)8-9(14)10(15)11(8)16-2/h3-6H,1-2H3. The molecule has 0 spiro atoms. The molecule has 5 heteroatoms. The molecule has 2 rings (SSSR count). The van der Waals surface area contributed by atoms with Crippen LogP contribution in [0.25, 0.3) is 0 Å². The van der Waals surface area contributed by atoms with Crippen molar-refractivity contribution < 1.29 is 4.74 Å². The zero-order valence-electron chi connectivity index (χ0n) is 8.93. The third-order valence-corrected chi connectivity index (χ3v) is 2.43. The lowest BCUT2D eigenvalue weighted by Crippen LogP contribution is -2.37.